The average Bonchev–Trinajstić information content (AvgIpc) is 2.35. The maximum atomic E-state index is 13.2. The lowest BCUT2D eigenvalue weighted by Gasteiger charge is -2.07. The van der Waals surface area contributed by atoms with Crippen LogP contribution in [0.1, 0.15) is 10.4 Å². The summed E-state index contributed by atoms with van der Waals surface area (Å²) >= 11 is 7.91. The van der Waals surface area contributed by atoms with Gasteiger partial charge in [0.2, 0.25) is 0 Å². The fraction of sp³-hybridized carbons (Fsp3) is 0. The van der Waals surface area contributed by atoms with Crippen molar-refractivity contribution in [2.75, 3.05) is 5.32 Å². The molecular formula is C13H8ClFINO. The van der Waals surface area contributed by atoms with Crippen LogP contribution in [0.3, 0.4) is 0 Å². The van der Waals surface area contributed by atoms with Gasteiger partial charge in [-0.1, -0.05) is 17.7 Å². The average molecular weight is 376 g/mol. The molecule has 0 bridgehead atoms. The van der Waals surface area contributed by atoms with E-state index in [9.17, 15) is 9.18 Å². The Morgan fingerprint density at radius 2 is 1.83 bits per heavy atom. The third-order valence-corrected chi connectivity index (χ3v) is 3.40. The number of hydrogen-bond acceptors (Lipinski definition) is 1. The first kappa shape index (κ1) is 13.3. The van der Waals surface area contributed by atoms with Crippen molar-refractivity contribution < 1.29 is 9.18 Å². The van der Waals surface area contributed by atoms with Gasteiger partial charge in [0.05, 0.1) is 10.6 Å². The zero-order chi connectivity index (χ0) is 13.1. The van der Waals surface area contributed by atoms with Crippen molar-refractivity contribution in [3.63, 3.8) is 0 Å². The Morgan fingerprint density at radius 1 is 1.17 bits per heavy atom. The second-order valence-corrected chi connectivity index (χ2v) is 5.19. The smallest absolute Gasteiger partial charge is 0.257 e. The molecule has 0 radical (unpaired) electrons. The van der Waals surface area contributed by atoms with Gasteiger partial charge in [-0.25, -0.2) is 4.39 Å². The van der Waals surface area contributed by atoms with Crippen molar-refractivity contribution in [3.05, 3.63) is 62.4 Å². The first-order chi connectivity index (χ1) is 8.58. The van der Waals surface area contributed by atoms with E-state index in [0.717, 1.165) is 3.57 Å². The van der Waals surface area contributed by atoms with E-state index in [4.69, 9.17) is 11.6 Å². The molecule has 92 valence electrons. The molecule has 1 amide bonds. The third-order valence-electron chi connectivity index (χ3n) is 2.30. The molecule has 2 aromatic rings. The van der Waals surface area contributed by atoms with Crippen LogP contribution < -0.4 is 5.32 Å². The minimum atomic E-state index is -0.605. The van der Waals surface area contributed by atoms with Gasteiger partial charge in [0.1, 0.15) is 5.82 Å². The van der Waals surface area contributed by atoms with Crippen molar-refractivity contribution in [1.29, 1.82) is 0 Å². The normalized spacial score (nSPS) is 10.2. The number of hydrogen-bond donors (Lipinski definition) is 1. The van der Waals surface area contributed by atoms with Gasteiger partial charge in [0, 0.05) is 9.26 Å². The lowest BCUT2D eigenvalue weighted by atomic mass is 10.2. The first-order valence-electron chi connectivity index (χ1n) is 5.09. The van der Waals surface area contributed by atoms with Crippen LogP contribution in [0.4, 0.5) is 10.1 Å². The molecule has 0 atom stereocenters. The molecule has 0 unspecified atom stereocenters. The van der Waals surface area contributed by atoms with Crippen LogP contribution in [0.15, 0.2) is 42.5 Å². The zero-order valence-corrected chi connectivity index (χ0v) is 12.0. The molecule has 5 heteroatoms. The molecule has 0 heterocycles. The Bertz CT molecular complexity index is 586. The van der Waals surface area contributed by atoms with E-state index < -0.39 is 11.7 Å². The summed E-state index contributed by atoms with van der Waals surface area (Å²) in [7, 11) is 0. The Hall–Kier alpha value is -1.14. The van der Waals surface area contributed by atoms with Gasteiger partial charge in [-0.3, -0.25) is 4.79 Å². The molecule has 2 nitrogen and oxygen atoms in total. The third kappa shape index (κ3) is 3.00. The van der Waals surface area contributed by atoms with E-state index >= 15 is 0 Å². The maximum absolute atomic E-state index is 13.2. The molecule has 2 aromatic carbocycles. The number of anilines is 1. The molecule has 18 heavy (non-hydrogen) atoms. The van der Waals surface area contributed by atoms with Crippen LogP contribution in [0.25, 0.3) is 0 Å². The SMILES string of the molecule is O=C(Nc1ccc(I)cc1)c1cccc(F)c1Cl. The minimum Gasteiger partial charge on any atom is -0.322 e. The second kappa shape index (κ2) is 5.67. The molecule has 0 spiro atoms. The Balaban J connectivity index is 2.22. The Morgan fingerprint density at radius 3 is 2.50 bits per heavy atom. The maximum Gasteiger partial charge on any atom is 0.257 e. The topological polar surface area (TPSA) is 29.1 Å². The molecule has 0 aromatic heterocycles. The fourth-order valence-corrected chi connectivity index (χ4v) is 1.98. The molecule has 0 aliphatic rings. The van der Waals surface area contributed by atoms with Gasteiger partial charge in [-0.05, 0) is 59.0 Å². The van der Waals surface area contributed by atoms with Crippen molar-refractivity contribution in [1.82, 2.24) is 0 Å². The van der Waals surface area contributed by atoms with E-state index in [0.29, 0.717) is 5.69 Å². The van der Waals surface area contributed by atoms with Crippen molar-refractivity contribution in [3.8, 4) is 0 Å². The second-order valence-electron chi connectivity index (χ2n) is 3.56. The van der Waals surface area contributed by atoms with Gasteiger partial charge in [0.25, 0.3) is 5.91 Å². The number of amides is 1. The molecule has 0 saturated heterocycles. The summed E-state index contributed by atoms with van der Waals surface area (Å²) in [6, 6.07) is 11.4. The fourth-order valence-electron chi connectivity index (χ4n) is 1.41. The van der Waals surface area contributed by atoms with Gasteiger partial charge in [-0.2, -0.15) is 0 Å². The van der Waals surface area contributed by atoms with Gasteiger partial charge >= 0.3 is 0 Å². The number of carbonyl (C=O) groups is 1. The molecule has 0 aliphatic heterocycles. The molecule has 1 N–H and O–H groups in total. The quantitative estimate of drug-likeness (QED) is 0.778. The van der Waals surface area contributed by atoms with Crippen molar-refractivity contribution in [2.45, 2.75) is 0 Å². The van der Waals surface area contributed by atoms with E-state index in [1.54, 1.807) is 12.1 Å². The zero-order valence-electron chi connectivity index (χ0n) is 9.08. The Labute approximate surface area is 122 Å². The molecular weight excluding hydrogens is 368 g/mol. The number of benzene rings is 2. The van der Waals surface area contributed by atoms with Crippen LogP contribution in [0, 0.1) is 9.39 Å². The summed E-state index contributed by atoms with van der Waals surface area (Å²) in [6.07, 6.45) is 0. The molecule has 0 aliphatic carbocycles. The van der Waals surface area contributed by atoms with Crippen molar-refractivity contribution >= 4 is 45.8 Å². The highest BCUT2D eigenvalue weighted by molar-refractivity contribution is 14.1. The highest BCUT2D eigenvalue weighted by Crippen LogP contribution is 2.21. The lowest BCUT2D eigenvalue weighted by Crippen LogP contribution is -2.12. The van der Waals surface area contributed by atoms with E-state index in [-0.39, 0.29) is 10.6 Å². The summed E-state index contributed by atoms with van der Waals surface area (Å²) in [6.45, 7) is 0. The summed E-state index contributed by atoms with van der Waals surface area (Å²) in [5.74, 6) is -1.03. The van der Waals surface area contributed by atoms with E-state index in [2.05, 4.69) is 27.9 Å². The monoisotopic (exact) mass is 375 g/mol. The predicted octanol–water partition coefficient (Wildman–Crippen LogP) is 4.34. The lowest BCUT2D eigenvalue weighted by molar-refractivity contribution is 0.102. The van der Waals surface area contributed by atoms with Crippen molar-refractivity contribution in [2.24, 2.45) is 0 Å². The Kier molecular flexibility index (Phi) is 4.19. The minimum absolute atomic E-state index is 0.121. The molecule has 0 saturated carbocycles. The van der Waals surface area contributed by atoms with Crippen LogP contribution in [0.5, 0.6) is 0 Å². The van der Waals surface area contributed by atoms with Gasteiger partial charge in [-0.15, -0.1) is 0 Å². The molecule has 0 fully saturated rings. The van der Waals surface area contributed by atoms with Gasteiger partial charge in [0.15, 0.2) is 0 Å². The standard InChI is InChI=1S/C13H8ClFINO/c14-12-10(2-1-3-11(12)15)13(18)17-9-6-4-8(16)5-7-9/h1-7H,(H,17,18). The predicted molar refractivity (Wildman–Crippen MR) is 78.5 cm³/mol. The van der Waals surface area contributed by atoms with Crippen LogP contribution in [-0.4, -0.2) is 5.91 Å². The number of nitrogens with one attached hydrogen (secondary N) is 1. The van der Waals surface area contributed by atoms with Gasteiger partial charge < -0.3 is 5.32 Å². The molecule has 2 rings (SSSR count). The largest absolute Gasteiger partial charge is 0.322 e. The van der Waals surface area contributed by atoms with Crippen LogP contribution >= 0.6 is 34.2 Å². The van der Waals surface area contributed by atoms with Crippen LogP contribution in [0.2, 0.25) is 5.02 Å². The first-order valence-corrected chi connectivity index (χ1v) is 6.54. The van der Waals surface area contributed by atoms with E-state index in [1.807, 2.05) is 12.1 Å². The summed E-state index contributed by atoms with van der Waals surface area (Å²) in [5.41, 5.74) is 0.760. The number of carbonyl (C=O) groups excluding carboxylic acids is 1. The summed E-state index contributed by atoms with van der Waals surface area (Å²) in [4.78, 5) is 11.9. The number of halogens is 3. The summed E-state index contributed by atoms with van der Waals surface area (Å²) in [5, 5.41) is 2.49. The van der Waals surface area contributed by atoms with Crippen LogP contribution in [-0.2, 0) is 0 Å². The van der Waals surface area contributed by atoms with E-state index in [1.165, 1.54) is 18.2 Å². The highest BCUT2D eigenvalue weighted by Gasteiger charge is 2.13. The summed E-state index contributed by atoms with van der Waals surface area (Å²) < 4.78 is 14.3. The highest BCUT2D eigenvalue weighted by atomic mass is 127. The number of rotatable bonds is 2.